The van der Waals surface area contributed by atoms with Crippen LogP contribution in [0, 0.1) is 5.92 Å². The fraction of sp³-hybridized carbons (Fsp3) is 0.667. The van der Waals surface area contributed by atoms with Crippen molar-refractivity contribution in [2.75, 3.05) is 31.1 Å². The van der Waals surface area contributed by atoms with Gasteiger partial charge in [0.15, 0.2) is 0 Å². The van der Waals surface area contributed by atoms with Crippen LogP contribution in [0.5, 0.6) is 0 Å². The van der Waals surface area contributed by atoms with Gasteiger partial charge in [-0.2, -0.15) is 0 Å². The van der Waals surface area contributed by atoms with E-state index < -0.39 is 0 Å². The molecule has 0 saturated carbocycles. The quantitative estimate of drug-likeness (QED) is 0.851. The van der Waals surface area contributed by atoms with Crippen LogP contribution in [0.2, 0.25) is 0 Å². The Labute approximate surface area is 125 Å². The molecule has 1 atom stereocenters. The predicted molar refractivity (Wildman–Crippen MR) is 81.0 cm³/mol. The number of hydrogen-bond acceptors (Lipinski definition) is 5. The molecule has 2 aliphatic rings. The maximum absolute atomic E-state index is 12.2. The fourth-order valence-corrected chi connectivity index (χ4v) is 3.07. The third-order valence-electron chi connectivity index (χ3n) is 4.34. The molecule has 6 nitrogen and oxygen atoms in total. The lowest BCUT2D eigenvalue weighted by atomic mass is 9.97. The van der Waals surface area contributed by atoms with Crippen molar-refractivity contribution in [2.24, 2.45) is 5.92 Å². The van der Waals surface area contributed by atoms with Crippen molar-refractivity contribution >= 4 is 11.9 Å². The Morgan fingerprint density at radius 3 is 2.67 bits per heavy atom. The number of nitrogens with zero attached hydrogens (tertiary/aromatic N) is 3. The highest BCUT2D eigenvalue weighted by molar-refractivity contribution is 5.79. The van der Waals surface area contributed by atoms with Crippen molar-refractivity contribution in [3.63, 3.8) is 0 Å². The van der Waals surface area contributed by atoms with Crippen LogP contribution >= 0.6 is 0 Å². The first-order valence-corrected chi connectivity index (χ1v) is 7.86. The van der Waals surface area contributed by atoms with Gasteiger partial charge in [0.1, 0.15) is 0 Å². The molecule has 2 fully saturated rings. The summed E-state index contributed by atoms with van der Waals surface area (Å²) in [5, 5.41) is 6.51. The summed E-state index contributed by atoms with van der Waals surface area (Å²) in [6, 6.07) is 2.12. The van der Waals surface area contributed by atoms with Crippen molar-refractivity contribution < 1.29 is 4.79 Å². The van der Waals surface area contributed by atoms with Gasteiger partial charge in [-0.25, -0.2) is 9.97 Å². The second-order valence-corrected chi connectivity index (χ2v) is 5.86. The Morgan fingerprint density at radius 2 is 2.00 bits per heavy atom. The van der Waals surface area contributed by atoms with Gasteiger partial charge in [-0.05, 0) is 38.3 Å². The first kappa shape index (κ1) is 14.3. The van der Waals surface area contributed by atoms with Gasteiger partial charge in [-0.15, -0.1) is 0 Å². The average Bonchev–Trinajstić information content (AvgIpc) is 2.57. The van der Waals surface area contributed by atoms with Crippen LogP contribution in [0.25, 0.3) is 0 Å². The molecular formula is C15H23N5O. The predicted octanol–water partition coefficient (Wildman–Crippen LogP) is 0.561. The molecule has 1 amide bonds. The van der Waals surface area contributed by atoms with Crippen molar-refractivity contribution in [3.05, 3.63) is 18.5 Å². The normalized spacial score (nSPS) is 23.8. The van der Waals surface area contributed by atoms with E-state index in [9.17, 15) is 4.79 Å². The molecule has 0 aromatic carbocycles. The molecule has 3 heterocycles. The second kappa shape index (κ2) is 6.85. The lowest BCUT2D eigenvalue weighted by Crippen LogP contribution is -2.48. The SMILES string of the molecule is O=C(NC1CCN(c2ncccn2)CC1)C1CCCNC1. The third-order valence-corrected chi connectivity index (χ3v) is 4.34. The summed E-state index contributed by atoms with van der Waals surface area (Å²) in [6.45, 7) is 3.66. The molecule has 1 aromatic heterocycles. The summed E-state index contributed by atoms with van der Waals surface area (Å²) in [6.07, 6.45) is 7.57. The lowest BCUT2D eigenvalue weighted by molar-refractivity contribution is -0.126. The van der Waals surface area contributed by atoms with Gasteiger partial charge in [0.05, 0.1) is 5.92 Å². The third kappa shape index (κ3) is 3.69. The Hall–Kier alpha value is -1.69. The number of nitrogens with one attached hydrogen (secondary N) is 2. The summed E-state index contributed by atoms with van der Waals surface area (Å²) in [5.74, 6) is 1.16. The molecule has 2 aliphatic heterocycles. The molecule has 0 bridgehead atoms. The van der Waals surface area contributed by atoms with Gasteiger partial charge < -0.3 is 15.5 Å². The minimum absolute atomic E-state index is 0.147. The molecule has 114 valence electrons. The van der Waals surface area contributed by atoms with E-state index in [2.05, 4.69) is 25.5 Å². The highest BCUT2D eigenvalue weighted by atomic mass is 16.2. The number of carbonyl (C=O) groups excluding carboxylic acids is 1. The maximum Gasteiger partial charge on any atom is 0.225 e. The first-order valence-electron chi connectivity index (χ1n) is 7.86. The van der Waals surface area contributed by atoms with Crippen LogP contribution in [0.1, 0.15) is 25.7 Å². The van der Waals surface area contributed by atoms with Crippen molar-refractivity contribution in [2.45, 2.75) is 31.7 Å². The van der Waals surface area contributed by atoms with Crippen molar-refractivity contribution in [1.29, 1.82) is 0 Å². The molecule has 21 heavy (non-hydrogen) atoms. The number of anilines is 1. The number of carbonyl (C=O) groups is 1. The van der Waals surface area contributed by atoms with Gasteiger partial charge >= 0.3 is 0 Å². The summed E-state index contributed by atoms with van der Waals surface area (Å²) in [7, 11) is 0. The zero-order chi connectivity index (χ0) is 14.5. The van der Waals surface area contributed by atoms with E-state index in [1.54, 1.807) is 12.4 Å². The number of amides is 1. The monoisotopic (exact) mass is 289 g/mol. The fourth-order valence-electron chi connectivity index (χ4n) is 3.07. The van der Waals surface area contributed by atoms with Crippen LogP contribution in [0.3, 0.4) is 0 Å². The van der Waals surface area contributed by atoms with Crippen molar-refractivity contribution in [3.8, 4) is 0 Å². The molecule has 0 spiro atoms. The summed E-state index contributed by atoms with van der Waals surface area (Å²) in [5.41, 5.74) is 0. The van der Waals surface area contributed by atoms with E-state index in [1.807, 2.05) is 6.07 Å². The molecule has 3 rings (SSSR count). The Morgan fingerprint density at radius 1 is 1.24 bits per heavy atom. The molecule has 2 N–H and O–H groups in total. The van der Waals surface area contributed by atoms with Gasteiger partial charge in [0.25, 0.3) is 0 Å². The summed E-state index contributed by atoms with van der Waals surface area (Å²) in [4.78, 5) is 23.0. The highest BCUT2D eigenvalue weighted by Crippen LogP contribution is 2.17. The molecular weight excluding hydrogens is 266 g/mol. The van der Waals surface area contributed by atoms with E-state index in [1.165, 1.54) is 0 Å². The zero-order valence-electron chi connectivity index (χ0n) is 12.3. The Bertz CT molecular complexity index is 452. The molecule has 1 aromatic rings. The van der Waals surface area contributed by atoms with Gasteiger partial charge in [-0.3, -0.25) is 4.79 Å². The maximum atomic E-state index is 12.2. The van der Waals surface area contributed by atoms with E-state index in [4.69, 9.17) is 0 Å². The van der Waals surface area contributed by atoms with Gasteiger partial charge in [0.2, 0.25) is 11.9 Å². The molecule has 2 saturated heterocycles. The smallest absolute Gasteiger partial charge is 0.225 e. The molecule has 6 heteroatoms. The van der Waals surface area contributed by atoms with E-state index in [0.29, 0.717) is 6.04 Å². The number of hydrogen-bond donors (Lipinski definition) is 2. The summed E-state index contributed by atoms with van der Waals surface area (Å²) < 4.78 is 0. The summed E-state index contributed by atoms with van der Waals surface area (Å²) >= 11 is 0. The number of piperidine rings is 2. The van der Waals surface area contributed by atoms with E-state index in [0.717, 1.165) is 57.8 Å². The van der Waals surface area contributed by atoms with E-state index >= 15 is 0 Å². The van der Waals surface area contributed by atoms with Crippen LogP contribution in [-0.2, 0) is 4.79 Å². The number of rotatable bonds is 3. The van der Waals surface area contributed by atoms with Crippen LogP contribution in [0.15, 0.2) is 18.5 Å². The topological polar surface area (TPSA) is 70.2 Å². The first-order chi connectivity index (χ1) is 10.3. The zero-order valence-corrected chi connectivity index (χ0v) is 12.3. The Kier molecular flexibility index (Phi) is 4.65. The lowest BCUT2D eigenvalue weighted by Gasteiger charge is -2.33. The standard InChI is InChI=1S/C15H23N5O/c21-14(12-3-1-6-16-11-12)19-13-4-9-20(10-5-13)15-17-7-2-8-18-15/h2,7-8,12-13,16H,1,3-6,9-11H2,(H,19,21). The number of aromatic nitrogens is 2. The Balaban J connectivity index is 1.46. The van der Waals surface area contributed by atoms with Gasteiger partial charge in [-0.1, -0.05) is 0 Å². The van der Waals surface area contributed by atoms with Crippen LogP contribution < -0.4 is 15.5 Å². The molecule has 1 unspecified atom stereocenters. The highest BCUT2D eigenvalue weighted by Gasteiger charge is 2.26. The minimum Gasteiger partial charge on any atom is -0.353 e. The van der Waals surface area contributed by atoms with Crippen LogP contribution in [0.4, 0.5) is 5.95 Å². The van der Waals surface area contributed by atoms with Crippen molar-refractivity contribution in [1.82, 2.24) is 20.6 Å². The minimum atomic E-state index is 0.147. The van der Waals surface area contributed by atoms with E-state index in [-0.39, 0.29) is 11.8 Å². The average molecular weight is 289 g/mol. The molecule has 0 aliphatic carbocycles. The molecule has 0 radical (unpaired) electrons. The largest absolute Gasteiger partial charge is 0.353 e. The second-order valence-electron chi connectivity index (χ2n) is 5.86. The van der Waals surface area contributed by atoms with Crippen LogP contribution in [-0.4, -0.2) is 48.1 Å². The van der Waals surface area contributed by atoms with Gasteiger partial charge in [0, 0.05) is 38.1 Å².